The van der Waals surface area contributed by atoms with Gasteiger partial charge in [0.2, 0.25) is 0 Å². The molecule has 0 N–H and O–H groups in total. The standard InChI is InChI=1S/C15H26.4CH3.Zr/c1-2-6-12(5-1)11-14-10-9-13-7-3-4-8-15(13)14;;;;;/h12-15H,1-11H2;4*1H3;/q;4*-1;+4. The van der Waals surface area contributed by atoms with Gasteiger partial charge in [0.25, 0.3) is 0 Å². The summed E-state index contributed by atoms with van der Waals surface area (Å²) in [6.45, 7) is 0. The molecule has 3 unspecified atom stereocenters. The quantitative estimate of drug-likeness (QED) is 0.489. The molecule has 0 bridgehead atoms. The van der Waals surface area contributed by atoms with Crippen molar-refractivity contribution in [2.24, 2.45) is 23.7 Å². The van der Waals surface area contributed by atoms with E-state index >= 15 is 0 Å². The molecule has 0 spiro atoms. The molecule has 0 saturated heterocycles. The summed E-state index contributed by atoms with van der Waals surface area (Å²) in [5, 5.41) is 0. The van der Waals surface area contributed by atoms with Gasteiger partial charge in [-0.15, -0.1) is 0 Å². The van der Waals surface area contributed by atoms with Gasteiger partial charge < -0.3 is 29.7 Å². The predicted octanol–water partition coefficient (Wildman–Crippen LogP) is 6.58. The number of rotatable bonds is 2. The van der Waals surface area contributed by atoms with Crippen molar-refractivity contribution in [3.8, 4) is 0 Å². The average Bonchev–Trinajstić information content (AvgIpc) is 2.89. The summed E-state index contributed by atoms with van der Waals surface area (Å²) < 4.78 is 0. The van der Waals surface area contributed by atoms with Gasteiger partial charge in [0.1, 0.15) is 0 Å². The third-order valence-corrected chi connectivity index (χ3v) is 5.59. The Kier molecular flexibility index (Phi) is 16.0. The van der Waals surface area contributed by atoms with Crippen LogP contribution >= 0.6 is 0 Å². The maximum Gasteiger partial charge on any atom is 4.00 e. The van der Waals surface area contributed by atoms with Gasteiger partial charge in [-0.2, -0.15) is 0 Å². The average molecular weight is 358 g/mol. The van der Waals surface area contributed by atoms with Crippen LogP contribution in [-0.2, 0) is 26.2 Å². The fourth-order valence-corrected chi connectivity index (χ4v) is 4.82. The van der Waals surface area contributed by atoms with Gasteiger partial charge in [0.15, 0.2) is 0 Å². The van der Waals surface area contributed by atoms with E-state index in [2.05, 4.69) is 0 Å². The summed E-state index contributed by atoms with van der Waals surface area (Å²) in [4.78, 5) is 0. The molecule has 1 heteroatoms. The summed E-state index contributed by atoms with van der Waals surface area (Å²) >= 11 is 0. The minimum atomic E-state index is 0. The Morgan fingerprint density at radius 1 is 0.600 bits per heavy atom. The first kappa shape index (κ1) is 25.8. The molecule has 118 valence electrons. The van der Waals surface area contributed by atoms with E-state index in [0.717, 1.165) is 17.8 Å². The molecule has 3 fully saturated rings. The number of hydrogen-bond acceptors (Lipinski definition) is 0. The molecule has 0 aliphatic heterocycles. The van der Waals surface area contributed by atoms with Crippen LogP contribution in [0.3, 0.4) is 0 Å². The number of fused-ring (bicyclic) bond motifs is 1. The Balaban J connectivity index is -0.000000578. The summed E-state index contributed by atoms with van der Waals surface area (Å²) in [7, 11) is 0. The van der Waals surface area contributed by atoms with Crippen LogP contribution < -0.4 is 0 Å². The second-order valence-corrected chi connectivity index (χ2v) is 6.43. The summed E-state index contributed by atoms with van der Waals surface area (Å²) in [5.41, 5.74) is 0. The molecule has 0 radical (unpaired) electrons. The predicted molar refractivity (Wildman–Crippen MR) is 90.4 cm³/mol. The molecule has 0 aromatic rings. The van der Waals surface area contributed by atoms with Crippen LogP contribution in [0.2, 0.25) is 0 Å². The first-order chi connectivity index (χ1) is 7.43. The van der Waals surface area contributed by atoms with E-state index in [-0.39, 0.29) is 55.9 Å². The van der Waals surface area contributed by atoms with Crippen LogP contribution in [0.15, 0.2) is 0 Å². The van der Waals surface area contributed by atoms with E-state index in [1.807, 2.05) is 0 Å². The van der Waals surface area contributed by atoms with Crippen LogP contribution in [0.25, 0.3) is 0 Å². The zero-order valence-corrected chi connectivity index (χ0v) is 17.0. The Morgan fingerprint density at radius 2 is 1.15 bits per heavy atom. The SMILES string of the molecule is C1CCC(CC2CCC3CCCCC32)C1.[CH3-].[CH3-].[CH3-].[CH3-].[Zr+4]. The monoisotopic (exact) mass is 356 g/mol. The van der Waals surface area contributed by atoms with E-state index in [4.69, 9.17) is 0 Å². The molecule has 3 atom stereocenters. The van der Waals surface area contributed by atoms with E-state index < -0.39 is 0 Å². The Morgan fingerprint density at radius 3 is 1.80 bits per heavy atom. The van der Waals surface area contributed by atoms with Gasteiger partial charge in [0, 0.05) is 0 Å². The molecule has 0 amide bonds. The van der Waals surface area contributed by atoms with Gasteiger partial charge in [-0.3, -0.25) is 0 Å². The molecular formula is C19H38Zr. The van der Waals surface area contributed by atoms with Crippen molar-refractivity contribution in [1.29, 1.82) is 0 Å². The molecule has 3 aliphatic rings. The summed E-state index contributed by atoms with van der Waals surface area (Å²) in [6.07, 6.45) is 17.2. The smallest absolute Gasteiger partial charge is 0.358 e. The largest absolute Gasteiger partial charge is 4.00 e. The minimum absolute atomic E-state index is 0. The van der Waals surface area contributed by atoms with Crippen LogP contribution in [0.5, 0.6) is 0 Å². The summed E-state index contributed by atoms with van der Waals surface area (Å²) in [6, 6.07) is 0. The van der Waals surface area contributed by atoms with Gasteiger partial charge >= 0.3 is 26.2 Å². The molecule has 3 saturated carbocycles. The number of hydrogen-bond donors (Lipinski definition) is 0. The molecular weight excluding hydrogens is 319 g/mol. The van der Waals surface area contributed by atoms with Gasteiger partial charge in [-0.05, 0) is 49.4 Å². The van der Waals surface area contributed by atoms with Crippen LogP contribution in [0.4, 0.5) is 0 Å². The minimum Gasteiger partial charge on any atom is -0.358 e. The van der Waals surface area contributed by atoms with Gasteiger partial charge in [-0.25, -0.2) is 0 Å². The second-order valence-electron chi connectivity index (χ2n) is 6.43. The zero-order valence-electron chi connectivity index (χ0n) is 14.6. The van der Waals surface area contributed by atoms with E-state index in [1.54, 1.807) is 51.4 Å². The van der Waals surface area contributed by atoms with E-state index in [9.17, 15) is 0 Å². The second kappa shape index (κ2) is 12.4. The van der Waals surface area contributed by atoms with E-state index in [0.29, 0.717) is 0 Å². The van der Waals surface area contributed by atoms with Crippen LogP contribution in [0.1, 0.15) is 70.6 Å². The van der Waals surface area contributed by atoms with Crippen molar-refractivity contribution in [3.63, 3.8) is 0 Å². The Labute approximate surface area is 150 Å². The molecule has 3 rings (SSSR count). The molecule has 0 aromatic carbocycles. The normalized spacial score (nSPS) is 31.5. The van der Waals surface area contributed by atoms with Gasteiger partial charge in [-0.1, -0.05) is 44.9 Å². The summed E-state index contributed by atoms with van der Waals surface area (Å²) in [5.74, 6) is 4.61. The maximum atomic E-state index is 1.61. The van der Waals surface area contributed by atoms with Crippen molar-refractivity contribution in [2.45, 2.75) is 70.6 Å². The molecule has 0 nitrogen and oxygen atoms in total. The van der Waals surface area contributed by atoms with Crippen LogP contribution in [0, 0.1) is 53.4 Å². The van der Waals surface area contributed by atoms with Crippen LogP contribution in [-0.4, -0.2) is 0 Å². The van der Waals surface area contributed by atoms with Crippen molar-refractivity contribution in [1.82, 2.24) is 0 Å². The fourth-order valence-electron chi connectivity index (χ4n) is 4.82. The maximum absolute atomic E-state index is 1.61. The first-order valence-corrected chi connectivity index (χ1v) is 7.43. The Hall–Kier alpha value is 0.883. The third kappa shape index (κ3) is 5.94. The Bertz CT molecular complexity index is 208. The van der Waals surface area contributed by atoms with Crippen molar-refractivity contribution in [2.75, 3.05) is 0 Å². The first-order valence-electron chi connectivity index (χ1n) is 7.43. The molecule has 3 aliphatic carbocycles. The van der Waals surface area contributed by atoms with E-state index in [1.165, 1.54) is 25.2 Å². The molecule has 0 heterocycles. The fraction of sp³-hybridized carbons (Fsp3) is 0.789. The third-order valence-electron chi connectivity index (χ3n) is 5.59. The van der Waals surface area contributed by atoms with Crippen molar-refractivity contribution >= 4 is 0 Å². The van der Waals surface area contributed by atoms with Gasteiger partial charge in [0.05, 0.1) is 0 Å². The molecule has 0 aromatic heterocycles. The van der Waals surface area contributed by atoms with Crippen molar-refractivity contribution < 1.29 is 26.2 Å². The molecule has 20 heavy (non-hydrogen) atoms. The topological polar surface area (TPSA) is 0 Å². The van der Waals surface area contributed by atoms with Crippen molar-refractivity contribution in [3.05, 3.63) is 29.7 Å². The zero-order chi connectivity index (χ0) is 10.1.